The van der Waals surface area contributed by atoms with Crippen molar-refractivity contribution in [2.45, 2.75) is 19.3 Å². The average molecular weight is 365 g/mol. The summed E-state index contributed by atoms with van der Waals surface area (Å²) in [5.74, 6) is 0.595. The van der Waals surface area contributed by atoms with Gasteiger partial charge in [0.15, 0.2) is 0 Å². The maximum atomic E-state index is 10.8. The Hall–Kier alpha value is -1.78. The van der Waals surface area contributed by atoms with E-state index in [0.717, 1.165) is 43.1 Å². The van der Waals surface area contributed by atoms with Gasteiger partial charge in [0.25, 0.3) is 5.69 Å². The molecule has 2 aromatic carbocycles. The SMILES string of the molecule is O=[N+]([O-])c1ccc(N2CCC(Cc3ccccc3Cl)CC2)c(Cl)c1. The number of hydrogen-bond acceptors (Lipinski definition) is 3. The van der Waals surface area contributed by atoms with E-state index in [1.807, 2.05) is 18.2 Å². The summed E-state index contributed by atoms with van der Waals surface area (Å²) in [5.41, 5.74) is 2.10. The first-order valence-electron chi connectivity index (χ1n) is 7.97. The van der Waals surface area contributed by atoms with E-state index < -0.39 is 4.92 Å². The van der Waals surface area contributed by atoms with Crippen LogP contribution in [0.5, 0.6) is 0 Å². The third-order valence-corrected chi connectivity index (χ3v) is 5.24. The summed E-state index contributed by atoms with van der Waals surface area (Å²) in [6.45, 7) is 1.79. The average Bonchev–Trinajstić information content (AvgIpc) is 2.58. The molecule has 0 saturated carbocycles. The van der Waals surface area contributed by atoms with Gasteiger partial charge in [-0.15, -0.1) is 0 Å². The number of rotatable bonds is 4. The topological polar surface area (TPSA) is 46.4 Å². The number of anilines is 1. The standard InChI is InChI=1S/C18H18Cl2N2O2/c19-16-4-2-1-3-14(16)11-13-7-9-21(10-8-13)18-6-5-15(22(23)24)12-17(18)20/h1-6,12-13H,7-11H2. The van der Waals surface area contributed by atoms with Crippen LogP contribution in [-0.4, -0.2) is 18.0 Å². The Balaban J connectivity index is 1.63. The number of hydrogen-bond donors (Lipinski definition) is 0. The van der Waals surface area contributed by atoms with Crippen LogP contribution in [-0.2, 0) is 6.42 Å². The van der Waals surface area contributed by atoms with Gasteiger partial charge >= 0.3 is 0 Å². The smallest absolute Gasteiger partial charge is 0.271 e. The van der Waals surface area contributed by atoms with Gasteiger partial charge in [0, 0.05) is 30.2 Å². The third kappa shape index (κ3) is 3.82. The van der Waals surface area contributed by atoms with Crippen molar-refractivity contribution in [1.82, 2.24) is 0 Å². The minimum atomic E-state index is -0.425. The summed E-state index contributed by atoms with van der Waals surface area (Å²) in [6, 6.07) is 12.7. The highest BCUT2D eigenvalue weighted by Gasteiger charge is 2.22. The molecule has 0 bridgehead atoms. The zero-order valence-corrected chi connectivity index (χ0v) is 14.6. The number of nitro groups is 1. The van der Waals surface area contributed by atoms with Gasteiger partial charge in [0.2, 0.25) is 0 Å². The predicted octanol–water partition coefficient (Wildman–Crippen LogP) is 5.36. The molecule has 0 aromatic heterocycles. The molecular formula is C18H18Cl2N2O2. The van der Waals surface area contributed by atoms with Gasteiger partial charge in [-0.1, -0.05) is 41.4 Å². The molecular weight excluding hydrogens is 347 g/mol. The summed E-state index contributed by atoms with van der Waals surface area (Å²) in [7, 11) is 0. The summed E-state index contributed by atoms with van der Waals surface area (Å²) >= 11 is 12.5. The Bertz CT molecular complexity index is 744. The Kier molecular flexibility index (Phi) is 5.27. The van der Waals surface area contributed by atoms with Gasteiger partial charge in [-0.2, -0.15) is 0 Å². The summed E-state index contributed by atoms with van der Waals surface area (Å²) in [4.78, 5) is 12.6. The second-order valence-corrected chi connectivity index (χ2v) is 6.93. The van der Waals surface area contributed by atoms with Crippen molar-refractivity contribution >= 4 is 34.6 Å². The van der Waals surface area contributed by atoms with E-state index in [2.05, 4.69) is 11.0 Å². The highest BCUT2D eigenvalue weighted by atomic mass is 35.5. The molecule has 1 aliphatic rings. The molecule has 3 rings (SSSR count). The lowest BCUT2D eigenvalue weighted by atomic mass is 9.90. The lowest BCUT2D eigenvalue weighted by Gasteiger charge is -2.34. The number of piperidine rings is 1. The maximum absolute atomic E-state index is 10.8. The van der Waals surface area contributed by atoms with Gasteiger partial charge in [-0.3, -0.25) is 10.1 Å². The van der Waals surface area contributed by atoms with Crippen LogP contribution in [0, 0.1) is 16.0 Å². The molecule has 1 heterocycles. The first-order chi connectivity index (χ1) is 11.5. The van der Waals surface area contributed by atoms with Crippen LogP contribution in [0.25, 0.3) is 0 Å². The van der Waals surface area contributed by atoms with Crippen molar-refractivity contribution < 1.29 is 4.92 Å². The van der Waals surface area contributed by atoms with E-state index in [1.54, 1.807) is 6.07 Å². The Morgan fingerprint density at radius 2 is 1.79 bits per heavy atom. The van der Waals surface area contributed by atoms with Crippen molar-refractivity contribution in [2.24, 2.45) is 5.92 Å². The van der Waals surface area contributed by atoms with Crippen molar-refractivity contribution in [3.63, 3.8) is 0 Å². The molecule has 0 unspecified atom stereocenters. The molecule has 1 fully saturated rings. The first-order valence-corrected chi connectivity index (χ1v) is 8.72. The largest absolute Gasteiger partial charge is 0.370 e. The summed E-state index contributed by atoms with van der Waals surface area (Å²) in [6.07, 6.45) is 3.10. The molecule has 2 aromatic rings. The number of non-ortho nitro benzene ring substituents is 1. The van der Waals surface area contributed by atoms with Crippen LogP contribution < -0.4 is 4.90 Å². The van der Waals surface area contributed by atoms with Crippen molar-refractivity contribution in [2.75, 3.05) is 18.0 Å². The fraction of sp³-hybridized carbons (Fsp3) is 0.333. The van der Waals surface area contributed by atoms with Crippen LogP contribution in [0.15, 0.2) is 42.5 Å². The predicted molar refractivity (Wildman–Crippen MR) is 98.2 cm³/mol. The minimum Gasteiger partial charge on any atom is -0.370 e. The summed E-state index contributed by atoms with van der Waals surface area (Å²) < 4.78 is 0. The molecule has 0 radical (unpaired) electrons. The number of benzene rings is 2. The van der Waals surface area contributed by atoms with Gasteiger partial charge in [0.05, 0.1) is 15.6 Å². The molecule has 1 saturated heterocycles. The molecule has 0 spiro atoms. The second-order valence-electron chi connectivity index (χ2n) is 6.12. The van der Waals surface area contributed by atoms with E-state index in [1.165, 1.54) is 17.7 Å². The molecule has 0 N–H and O–H groups in total. The number of nitro benzene ring substituents is 1. The van der Waals surface area contributed by atoms with Crippen LogP contribution >= 0.6 is 23.2 Å². The van der Waals surface area contributed by atoms with Gasteiger partial charge in [-0.05, 0) is 42.9 Å². The Labute approximate surface area is 151 Å². The van der Waals surface area contributed by atoms with Crippen LogP contribution in [0.4, 0.5) is 11.4 Å². The van der Waals surface area contributed by atoms with Crippen LogP contribution in [0.3, 0.4) is 0 Å². The molecule has 1 aliphatic heterocycles. The molecule has 0 atom stereocenters. The Morgan fingerprint density at radius 3 is 2.42 bits per heavy atom. The van der Waals surface area contributed by atoms with E-state index >= 15 is 0 Å². The number of halogens is 2. The van der Waals surface area contributed by atoms with Crippen molar-refractivity contribution in [3.05, 3.63) is 68.2 Å². The lowest BCUT2D eigenvalue weighted by Crippen LogP contribution is -2.34. The lowest BCUT2D eigenvalue weighted by molar-refractivity contribution is -0.384. The fourth-order valence-corrected chi connectivity index (χ4v) is 3.73. The minimum absolute atomic E-state index is 0.0253. The molecule has 24 heavy (non-hydrogen) atoms. The highest BCUT2D eigenvalue weighted by molar-refractivity contribution is 6.33. The molecule has 6 heteroatoms. The Morgan fingerprint density at radius 1 is 1.08 bits per heavy atom. The van der Waals surface area contributed by atoms with E-state index in [4.69, 9.17) is 23.2 Å². The number of nitrogens with zero attached hydrogens (tertiary/aromatic N) is 2. The zero-order chi connectivity index (χ0) is 17.1. The van der Waals surface area contributed by atoms with Crippen molar-refractivity contribution in [1.29, 1.82) is 0 Å². The molecule has 4 nitrogen and oxygen atoms in total. The zero-order valence-electron chi connectivity index (χ0n) is 13.1. The van der Waals surface area contributed by atoms with E-state index in [9.17, 15) is 10.1 Å². The molecule has 0 amide bonds. The maximum Gasteiger partial charge on any atom is 0.271 e. The quantitative estimate of drug-likeness (QED) is 0.541. The van der Waals surface area contributed by atoms with Crippen molar-refractivity contribution in [3.8, 4) is 0 Å². The van der Waals surface area contributed by atoms with Crippen LogP contribution in [0.2, 0.25) is 10.0 Å². The van der Waals surface area contributed by atoms with E-state index in [-0.39, 0.29) is 5.69 Å². The van der Waals surface area contributed by atoms with E-state index in [0.29, 0.717) is 10.9 Å². The van der Waals surface area contributed by atoms with Crippen LogP contribution in [0.1, 0.15) is 18.4 Å². The first kappa shape index (κ1) is 17.1. The summed E-state index contributed by atoms with van der Waals surface area (Å²) in [5, 5.41) is 12.1. The molecule has 126 valence electrons. The normalized spacial score (nSPS) is 15.5. The van der Waals surface area contributed by atoms with Gasteiger partial charge in [0.1, 0.15) is 0 Å². The monoisotopic (exact) mass is 364 g/mol. The third-order valence-electron chi connectivity index (χ3n) is 4.56. The molecule has 0 aliphatic carbocycles. The highest BCUT2D eigenvalue weighted by Crippen LogP contribution is 2.33. The second kappa shape index (κ2) is 7.41. The van der Waals surface area contributed by atoms with Gasteiger partial charge in [-0.25, -0.2) is 0 Å². The van der Waals surface area contributed by atoms with Gasteiger partial charge < -0.3 is 4.90 Å². The fourth-order valence-electron chi connectivity index (χ4n) is 3.22.